The van der Waals surface area contributed by atoms with Crippen molar-refractivity contribution in [3.8, 4) is 0 Å². The van der Waals surface area contributed by atoms with Gasteiger partial charge in [-0.05, 0) is 26.3 Å². The number of nitrogens with zero attached hydrogens (tertiary/aromatic N) is 1. The van der Waals surface area contributed by atoms with E-state index in [-0.39, 0.29) is 11.9 Å². The Bertz CT molecular complexity index is 214. The number of carbonyl (C=O) groups excluding carboxylic acids is 1. The van der Waals surface area contributed by atoms with E-state index in [0.717, 1.165) is 19.0 Å². The van der Waals surface area contributed by atoms with Crippen LogP contribution in [-0.4, -0.2) is 42.5 Å². The molecule has 0 aromatic heterocycles. The van der Waals surface area contributed by atoms with E-state index in [0.29, 0.717) is 6.04 Å². The summed E-state index contributed by atoms with van der Waals surface area (Å²) < 4.78 is 0. The van der Waals surface area contributed by atoms with Crippen LogP contribution in [0.1, 0.15) is 33.1 Å². The van der Waals surface area contributed by atoms with Crippen LogP contribution in [0, 0.1) is 0 Å². The molecule has 3 N–H and O–H groups in total. The molecule has 1 atom stereocenters. The van der Waals surface area contributed by atoms with Crippen LogP contribution in [0.25, 0.3) is 0 Å². The molecule has 1 amide bonds. The van der Waals surface area contributed by atoms with Gasteiger partial charge in [-0.2, -0.15) is 0 Å². The standard InChI is InChI=1S/C11H23N3O/c1-8(2)13-10(11(12)15)6-7-14(3)9-4-5-9/h8-10,13H,4-7H2,1-3H3,(H2,12,15). The lowest BCUT2D eigenvalue weighted by Gasteiger charge is -2.22. The van der Waals surface area contributed by atoms with E-state index < -0.39 is 0 Å². The SMILES string of the molecule is CC(C)NC(CCN(C)C1CC1)C(N)=O. The number of rotatable bonds is 7. The summed E-state index contributed by atoms with van der Waals surface area (Å²) in [6.45, 7) is 5.00. The Balaban J connectivity index is 2.26. The van der Waals surface area contributed by atoms with Gasteiger partial charge in [-0.25, -0.2) is 0 Å². The van der Waals surface area contributed by atoms with Gasteiger partial charge in [0, 0.05) is 18.6 Å². The van der Waals surface area contributed by atoms with Gasteiger partial charge in [0.25, 0.3) is 0 Å². The Morgan fingerprint density at radius 1 is 1.53 bits per heavy atom. The van der Waals surface area contributed by atoms with Gasteiger partial charge in [-0.3, -0.25) is 4.79 Å². The predicted molar refractivity (Wildman–Crippen MR) is 61.5 cm³/mol. The van der Waals surface area contributed by atoms with E-state index in [9.17, 15) is 4.79 Å². The first kappa shape index (κ1) is 12.5. The molecule has 88 valence electrons. The Kier molecular flexibility index (Phi) is 4.54. The molecule has 4 nitrogen and oxygen atoms in total. The molecule has 15 heavy (non-hydrogen) atoms. The zero-order valence-corrected chi connectivity index (χ0v) is 9.99. The lowest BCUT2D eigenvalue weighted by atomic mass is 10.1. The van der Waals surface area contributed by atoms with Crippen LogP contribution < -0.4 is 11.1 Å². The van der Waals surface area contributed by atoms with E-state index in [2.05, 4.69) is 17.3 Å². The second kappa shape index (κ2) is 5.47. The van der Waals surface area contributed by atoms with Crippen LogP contribution in [0.15, 0.2) is 0 Å². The summed E-state index contributed by atoms with van der Waals surface area (Å²) in [5.74, 6) is -0.243. The quantitative estimate of drug-likeness (QED) is 0.640. The zero-order chi connectivity index (χ0) is 11.4. The van der Waals surface area contributed by atoms with E-state index in [4.69, 9.17) is 5.73 Å². The highest BCUT2D eigenvalue weighted by Gasteiger charge is 2.26. The third kappa shape index (κ3) is 4.62. The third-order valence-corrected chi connectivity index (χ3v) is 2.82. The Labute approximate surface area is 92.2 Å². The van der Waals surface area contributed by atoms with Gasteiger partial charge in [-0.1, -0.05) is 13.8 Å². The fourth-order valence-corrected chi connectivity index (χ4v) is 1.74. The first-order valence-corrected chi connectivity index (χ1v) is 5.76. The number of hydrogen-bond acceptors (Lipinski definition) is 3. The molecule has 0 spiro atoms. The minimum absolute atomic E-state index is 0.189. The van der Waals surface area contributed by atoms with Gasteiger partial charge >= 0.3 is 0 Å². The van der Waals surface area contributed by atoms with Crippen LogP contribution in [0.5, 0.6) is 0 Å². The van der Waals surface area contributed by atoms with Crippen molar-refractivity contribution in [1.82, 2.24) is 10.2 Å². The Hall–Kier alpha value is -0.610. The molecule has 1 aliphatic rings. The van der Waals surface area contributed by atoms with Crippen molar-refractivity contribution in [2.24, 2.45) is 5.73 Å². The molecule has 1 unspecified atom stereocenters. The van der Waals surface area contributed by atoms with Crippen molar-refractivity contribution in [2.75, 3.05) is 13.6 Å². The van der Waals surface area contributed by atoms with Crippen LogP contribution in [0.2, 0.25) is 0 Å². The molecule has 0 radical (unpaired) electrons. The summed E-state index contributed by atoms with van der Waals surface area (Å²) >= 11 is 0. The topological polar surface area (TPSA) is 58.4 Å². The third-order valence-electron chi connectivity index (χ3n) is 2.82. The lowest BCUT2D eigenvalue weighted by Crippen LogP contribution is -2.46. The van der Waals surface area contributed by atoms with Gasteiger partial charge < -0.3 is 16.0 Å². The highest BCUT2D eigenvalue weighted by atomic mass is 16.1. The molecule has 1 rings (SSSR count). The zero-order valence-electron chi connectivity index (χ0n) is 9.99. The van der Waals surface area contributed by atoms with Crippen LogP contribution in [0.4, 0.5) is 0 Å². The number of hydrogen-bond donors (Lipinski definition) is 2. The number of primary amides is 1. The summed E-state index contributed by atoms with van der Waals surface area (Å²) in [7, 11) is 2.12. The van der Waals surface area contributed by atoms with Crippen molar-refractivity contribution in [2.45, 2.75) is 51.2 Å². The maximum atomic E-state index is 11.2. The van der Waals surface area contributed by atoms with E-state index in [1.54, 1.807) is 0 Å². The fraction of sp³-hybridized carbons (Fsp3) is 0.909. The molecule has 1 fully saturated rings. The van der Waals surface area contributed by atoms with Gasteiger partial charge in [0.1, 0.15) is 0 Å². The Morgan fingerprint density at radius 3 is 2.53 bits per heavy atom. The van der Waals surface area contributed by atoms with Crippen molar-refractivity contribution in [3.63, 3.8) is 0 Å². The average Bonchev–Trinajstić information content (AvgIpc) is 2.93. The van der Waals surface area contributed by atoms with Gasteiger partial charge in [-0.15, -0.1) is 0 Å². The van der Waals surface area contributed by atoms with Crippen molar-refractivity contribution >= 4 is 5.91 Å². The van der Waals surface area contributed by atoms with E-state index in [1.165, 1.54) is 12.8 Å². The van der Waals surface area contributed by atoms with Crippen LogP contribution in [0.3, 0.4) is 0 Å². The van der Waals surface area contributed by atoms with Crippen molar-refractivity contribution in [3.05, 3.63) is 0 Å². The monoisotopic (exact) mass is 213 g/mol. The highest BCUT2D eigenvalue weighted by Crippen LogP contribution is 2.25. The second-order valence-corrected chi connectivity index (χ2v) is 4.78. The van der Waals surface area contributed by atoms with Crippen molar-refractivity contribution < 1.29 is 4.79 Å². The van der Waals surface area contributed by atoms with Gasteiger partial charge in [0.2, 0.25) is 5.91 Å². The summed E-state index contributed by atoms with van der Waals surface area (Å²) in [5.41, 5.74) is 5.34. The lowest BCUT2D eigenvalue weighted by molar-refractivity contribution is -0.120. The molecule has 0 aromatic carbocycles. The largest absolute Gasteiger partial charge is 0.368 e. The number of carbonyl (C=O) groups is 1. The molecule has 0 saturated heterocycles. The highest BCUT2D eigenvalue weighted by molar-refractivity contribution is 5.79. The summed E-state index contributed by atoms with van der Waals surface area (Å²) in [5, 5.41) is 3.19. The summed E-state index contributed by atoms with van der Waals surface area (Å²) in [4.78, 5) is 13.5. The first-order chi connectivity index (χ1) is 7.00. The van der Waals surface area contributed by atoms with Crippen molar-refractivity contribution in [1.29, 1.82) is 0 Å². The predicted octanol–water partition coefficient (Wildman–Crippen LogP) is 0.323. The second-order valence-electron chi connectivity index (χ2n) is 4.78. The first-order valence-electron chi connectivity index (χ1n) is 5.76. The molecule has 1 aliphatic carbocycles. The molecule has 0 bridgehead atoms. The minimum atomic E-state index is -0.243. The van der Waals surface area contributed by atoms with E-state index in [1.807, 2.05) is 13.8 Å². The van der Waals surface area contributed by atoms with Gasteiger partial charge in [0.05, 0.1) is 6.04 Å². The Morgan fingerprint density at radius 2 is 2.13 bits per heavy atom. The van der Waals surface area contributed by atoms with E-state index >= 15 is 0 Å². The molecule has 0 aromatic rings. The number of nitrogens with two attached hydrogens (primary N) is 1. The molecular formula is C11H23N3O. The summed E-state index contributed by atoms with van der Waals surface area (Å²) in [6, 6.07) is 0.859. The molecule has 4 heteroatoms. The molecule has 0 aliphatic heterocycles. The smallest absolute Gasteiger partial charge is 0.234 e. The maximum Gasteiger partial charge on any atom is 0.234 e. The van der Waals surface area contributed by atoms with Crippen LogP contribution in [-0.2, 0) is 4.79 Å². The molecular weight excluding hydrogens is 190 g/mol. The maximum absolute atomic E-state index is 11.2. The van der Waals surface area contributed by atoms with Gasteiger partial charge in [0.15, 0.2) is 0 Å². The number of nitrogens with one attached hydrogen (secondary N) is 1. The average molecular weight is 213 g/mol. The molecule has 1 saturated carbocycles. The minimum Gasteiger partial charge on any atom is -0.368 e. The summed E-state index contributed by atoms with van der Waals surface area (Å²) in [6.07, 6.45) is 3.41. The fourth-order valence-electron chi connectivity index (χ4n) is 1.74. The molecule has 0 heterocycles. The normalized spacial score (nSPS) is 18.5. The number of amides is 1. The van der Waals surface area contributed by atoms with Crippen LogP contribution >= 0.6 is 0 Å².